The maximum Gasteiger partial charge on any atom is 0.345 e. The number of aliphatic hydroxyl groups excluding tert-OH is 1. The Bertz CT molecular complexity index is 1660. The largest absolute Gasteiger partial charge is 0.510 e. The summed E-state index contributed by atoms with van der Waals surface area (Å²) < 4.78 is 7.26. The van der Waals surface area contributed by atoms with Crippen molar-refractivity contribution in [2.45, 2.75) is 49.7 Å². The van der Waals surface area contributed by atoms with Crippen LogP contribution >= 0.6 is 11.8 Å². The van der Waals surface area contributed by atoms with Crippen LogP contribution in [0.1, 0.15) is 55.4 Å². The number of carbonyl (C=O) groups excluding carboxylic acids is 1. The highest BCUT2D eigenvalue weighted by molar-refractivity contribution is 7.99. The number of rotatable bonds is 8. The van der Waals surface area contributed by atoms with Gasteiger partial charge < -0.3 is 19.4 Å². The van der Waals surface area contributed by atoms with Crippen LogP contribution in [0.5, 0.6) is 0 Å². The molecule has 1 fully saturated rings. The molecule has 204 valence electrons. The minimum atomic E-state index is -0.650. The molecule has 0 spiro atoms. The first-order valence-corrected chi connectivity index (χ1v) is 14.6. The van der Waals surface area contributed by atoms with Crippen molar-refractivity contribution >= 4 is 45.1 Å². The van der Waals surface area contributed by atoms with Crippen LogP contribution in [0.3, 0.4) is 0 Å². The molecule has 8 nitrogen and oxygen atoms in total. The second-order valence-corrected chi connectivity index (χ2v) is 11.0. The molecule has 5 aromatic rings. The number of aromatic amines is 1. The molecule has 6 rings (SSSR count). The molecule has 0 atom stereocenters. The third kappa shape index (κ3) is 5.21. The summed E-state index contributed by atoms with van der Waals surface area (Å²) in [6.07, 6.45) is 6.39. The standard InChI is InChI=1S/C31H31N5O3S/c1-39-30(38)28(29-32-24-16-7-8-17-25(24)33-29)26(37)19-40-31-35-34-27(36(31)22-13-3-2-4-14-22)18-21-12-9-11-20-10-5-6-15-23(20)21/h5-12,15-17,22,37H,2-4,13-14,18-19H2,1H3,(H,32,33). The number of nitrogens with zero attached hydrogens (tertiary/aromatic N) is 4. The van der Waals surface area contributed by atoms with Crippen LogP contribution in [0.4, 0.5) is 0 Å². The lowest BCUT2D eigenvalue weighted by molar-refractivity contribution is -0.133. The van der Waals surface area contributed by atoms with Gasteiger partial charge in [0.25, 0.3) is 0 Å². The van der Waals surface area contributed by atoms with Gasteiger partial charge in [0.1, 0.15) is 23.0 Å². The summed E-state index contributed by atoms with van der Waals surface area (Å²) in [6.45, 7) is 0. The topological polar surface area (TPSA) is 106 Å². The molecule has 1 saturated carbocycles. The van der Waals surface area contributed by atoms with Crippen molar-refractivity contribution in [1.82, 2.24) is 24.7 Å². The second kappa shape index (κ2) is 11.6. The highest BCUT2D eigenvalue weighted by atomic mass is 32.2. The number of H-pyrrole nitrogens is 1. The van der Waals surface area contributed by atoms with Crippen LogP contribution in [0, 0.1) is 0 Å². The zero-order valence-electron chi connectivity index (χ0n) is 22.3. The molecule has 40 heavy (non-hydrogen) atoms. The van der Waals surface area contributed by atoms with Gasteiger partial charge >= 0.3 is 5.97 Å². The minimum Gasteiger partial charge on any atom is -0.510 e. The Morgan fingerprint density at radius 1 is 1.02 bits per heavy atom. The van der Waals surface area contributed by atoms with E-state index in [1.54, 1.807) is 0 Å². The fourth-order valence-corrected chi connectivity index (χ4v) is 6.48. The van der Waals surface area contributed by atoms with Gasteiger partial charge in [-0.1, -0.05) is 85.6 Å². The Hall–Kier alpha value is -4.11. The van der Waals surface area contributed by atoms with Crippen LogP contribution in [0.2, 0.25) is 0 Å². The summed E-state index contributed by atoms with van der Waals surface area (Å²) in [4.78, 5) is 20.4. The van der Waals surface area contributed by atoms with Crippen molar-refractivity contribution in [1.29, 1.82) is 0 Å². The molecule has 2 heterocycles. The summed E-state index contributed by atoms with van der Waals surface area (Å²) >= 11 is 1.37. The van der Waals surface area contributed by atoms with Crippen LogP contribution in [0.25, 0.3) is 27.4 Å². The Morgan fingerprint density at radius 2 is 1.80 bits per heavy atom. The Balaban J connectivity index is 1.33. The molecule has 1 aliphatic carbocycles. The minimum absolute atomic E-state index is 0.0194. The van der Waals surface area contributed by atoms with E-state index in [0.29, 0.717) is 18.0 Å². The number of hydrogen-bond donors (Lipinski definition) is 2. The van der Waals surface area contributed by atoms with Crippen molar-refractivity contribution < 1.29 is 14.6 Å². The third-order valence-corrected chi connectivity index (χ3v) is 8.50. The van der Waals surface area contributed by atoms with Gasteiger partial charge in [-0.15, -0.1) is 10.2 Å². The number of aliphatic hydroxyl groups is 1. The monoisotopic (exact) mass is 553 g/mol. The van der Waals surface area contributed by atoms with Gasteiger partial charge in [-0.3, -0.25) is 0 Å². The first-order chi connectivity index (χ1) is 19.6. The molecule has 3 aromatic carbocycles. The summed E-state index contributed by atoms with van der Waals surface area (Å²) in [5.41, 5.74) is 2.70. The number of thioether (sulfide) groups is 1. The molecule has 0 unspecified atom stereocenters. The van der Waals surface area contributed by atoms with E-state index in [0.717, 1.165) is 29.3 Å². The maximum atomic E-state index is 12.7. The smallest absolute Gasteiger partial charge is 0.345 e. The molecule has 1 aliphatic rings. The van der Waals surface area contributed by atoms with Crippen LogP contribution in [-0.2, 0) is 16.0 Å². The Labute approximate surface area is 236 Å². The predicted octanol–water partition coefficient (Wildman–Crippen LogP) is 6.64. The molecule has 0 radical (unpaired) electrons. The van der Waals surface area contributed by atoms with E-state index in [2.05, 4.69) is 67.2 Å². The number of hydrogen-bond acceptors (Lipinski definition) is 7. The summed E-state index contributed by atoms with van der Waals surface area (Å²) in [7, 11) is 1.30. The van der Waals surface area contributed by atoms with Gasteiger partial charge in [0.15, 0.2) is 5.16 Å². The van der Waals surface area contributed by atoms with Crippen molar-refractivity contribution in [3.8, 4) is 0 Å². The van der Waals surface area contributed by atoms with Crippen molar-refractivity contribution in [2.75, 3.05) is 12.9 Å². The lowest BCUT2D eigenvalue weighted by Crippen LogP contribution is -2.17. The summed E-state index contributed by atoms with van der Waals surface area (Å²) in [6, 6.07) is 22.5. The summed E-state index contributed by atoms with van der Waals surface area (Å²) in [5, 5.41) is 23.5. The first-order valence-electron chi connectivity index (χ1n) is 13.6. The van der Waals surface area contributed by atoms with Crippen LogP contribution < -0.4 is 0 Å². The zero-order chi connectivity index (χ0) is 27.5. The van der Waals surface area contributed by atoms with Crippen LogP contribution in [0.15, 0.2) is 77.6 Å². The van der Waals surface area contributed by atoms with E-state index >= 15 is 0 Å². The number of fused-ring (bicyclic) bond motifs is 2. The van der Waals surface area contributed by atoms with Crippen molar-refractivity contribution in [3.05, 3.63) is 89.7 Å². The molecule has 0 amide bonds. The summed E-state index contributed by atoms with van der Waals surface area (Å²) in [5.74, 6) is 0.545. The number of esters is 1. The second-order valence-electron chi connectivity index (χ2n) is 10.1. The molecule has 0 saturated heterocycles. The average molecular weight is 554 g/mol. The number of methoxy groups -OCH3 is 1. The fraction of sp³-hybridized carbons (Fsp3) is 0.290. The van der Waals surface area contributed by atoms with Crippen molar-refractivity contribution in [2.24, 2.45) is 0 Å². The molecule has 2 N–H and O–H groups in total. The Morgan fingerprint density at radius 3 is 2.62 bits per heavy atom. The number of imidazole rings is 1. The first kappa shape index (κ1) is 26.1. The van der Waals surface area contributed by atoms with E-state index in [1.165, 1.54) is 54.5 Å². The average Bonchev–Trinajstić information content (AvgIpc) is 3.60. The highest BCUT2D eigenvalue weighted by Gasteiger charge is 2.26. The normalized spacial score (nSPS) is 14.9. The predicted molar refractivity (Wildman–Crippen MR) is 157 cm³/mol. The molecule has 9 heteroatoms. The Kier molecular flexibility index (Phi) is 7.55. The number of aromatic nitrogens is 5. The van der Waals surface area contributed by atoms with Gasteiger partial charge in [-0.05, 0) is 41.3 Å². The third-order valence-electron chi connectivity index (χ3n) is 7.55. The number of para-hydroxylation sites is 2. The van der Waals surface area contributed by atoms with Gasteiger partial charge in [0.2, 0.25) is 0 Å². The highest BCUT2D eigenvalue weighted by Crippen LogP contribution is 2.35. The molecular weight excluding hydrogens is 522 g/mol. The van der Waals surface area contributed by atoms with Gasteiger partial charge in [0.05, 0.1) is 23.9 Å². The van der Waals surface area contributed by atoms with E-state index in [-0.39, 0.29) is 22.9 Å². The van der Waals surface area contributed by atoms with E-state index in [1.807, 2.05) is 24.3 Å². The number of ether oxygens (including phenoxy) is 1. The van der Waals surface area contributed by atoms with E-state index < -0.39 is 5.97 Å². The molecule has 0 aliphatic heterocycles. The molecular formula is C31H31N5O3S. The lowest BCUT2D eigenvalue weighted by Gasteiger charge is -2.25. The number of benzene rings is 3. The van der Waals surface area contributed by atoms with Gasteiger partial charge in [0, 0.05) is 12.5 Å². The van der Waals surface area contributed by atoms with E-state index in [4.69, 9.17) is 4.74 Å². The van der Waals surface area contributed by atoms with Gasteiger partial charge in [-0.25, -0.2) is 9.78 Å². The quantitative estimate of drug-likeness (QED) is 0.0960. The SMILES string of the molecule is COC(=O)C(=C(O)CSc1nnc(Cc2cccc3ccccc23)n1C1CCCCC1)c1nc2ccccc2[nH]1. The molecule has 2 aromatic heterocycles. The zero-order valence-corrected chi connectivity index (χ0v) is 23.2. The lowest BCUT2D eigenvalue weighted by atomic mass is 9.95. The van der Waals surface area contributed by atoms with E-state index in [9.17, 15) is 9.90 Å². The molecule has 0 bridgehead atoms. The number of carbonyl (C=O) groups is 1. The number of nitrogens with one attached hydrogen (secondary N) is 1. The maximum absolute atomic E-state index is 12.7. The van der Waals surface area contributed by atoms with Gasteiger partial charge in [-0.2, -0.15) is 0 Å². The fourth-order valence-electron chi connectivity index (χ4n) is 5.58. The van der Waals surface area contributed by atoms with Crippen LogP contribution in [-0.4, -0.2) is 48.7 Å². The van der Waals surface area contributed by atoms with Crippen molar-refractivity contribution in [3.63, 3.8) is 0 Å².